The molecule has 0 aliphatic carbocycles. The molecule has 5 heteroatoms. The number of anilines is 1. The molecule has 0 bridgehead atoms. The second-order valence-electron chi connectivity index (χ2n) is 2.69. The topological polar surface area (TPSA) is 37.8 Å². The molecule has 1 aromatic heterocycles. The Bertz CT molecular complexity index is 248. The molecule has 0 spiro atoms. The maximum atomic E-state index is 11.7. The molecule has 0 atom stereocenters. The molecule has 0 aliphatic heterocycles. The Balaban J connectivity index is 2.33. The fraction of sp³-hybridized carbons (Fsp3) is 0.500. The van der Waals surface area contributed by atoms with Crippen LogP contribution in [0.25, 0.3) is 0 Å². The minimum atomic E-state index is -2.28. The van der Waals surface area contributed by atoms with Gasteiger partial charge in [0.1, 0.15) is 0 Å². The Kier molecular flexibility index (Phi) is 3.54. The van der Waals surface area contributed by atoms with Crippen LogP contribution < -0.4 is 5.32 Å². The number of hydrogen-bond donors (Lipinski definition) is 1. The molecule has 1 aromatic rings. The maximum Gasteiger partial charge on any atom is 0.240 e. The lowest BCUT2D eigenvalue weighted by atomic mass is 10.4. The summed E-state index contributed by atoms with van der Waals surface area (Å²) in [4.78, 5) is 7.82. The van der Waals surface area contributed by atoms with E-state index >= 15 is 0 Å². The van der Waals surface area contributed by atoms with Crippen LogP contribution in [0.2, 0.25) is 0 Å². The Morgan fingerprint density at radius 3 is 2.54 bits per heavy atom. The van der Waals surface area contributed by atoms with Crippen LogP contribution in [-0.2, 0) is 0 Å². The van der Waals surface area contributed by atoms with E-state index in [1.165, 1.54) is 0 Å². The quantitative estimate of drug-likeness (QED) is 0.781. The molecule has 0 radical (unpaired) electrons. The Morgan fingerprint density at radius 2 is 2.00 bits per heavy atom. The van der Waals surface area contributed by atoms with E-state index in [-0.39, 0.29) is 13.0 Å². The molecule has 0 aliphatic rings. The average molecular weight is 187 g/mol. The summed E-state index contributed by atoms with van der Waals surface area (Å²) in [6.45, 7) is 2.06. The van der Waals surface area contributed by atoms with Gasteiger partial charge in [-0.2, -0.15) is 0 Å². The van der Waals surface area contributed by atoms with E-state index in [2.05, 4.69) is 15.3 Å². The third-order valence-electron chi connectivity index (χ3n) is 1.43. The summed E-state index contributed by atoms with van der Waals surface area (Å²) in [7, 11) is 0. The number of aromatic nitrogens is 2. The lowest BCUT2D eigenvalue weighted by molar-refractivity contribution is 0.142. The van der Waals surface area contributed by atoms with Gasteiger partial charge in [0.2, 0.25) is 12.4 Å². The van der Waals surface area contributed by atoms with Crippen molar-refractivity contribution >= 4 is 5.95 Å². The van der Waals surface area contributed by atoms with Crippen molar-refractivity contribution in [2.45, 2.75) is 19.8 Å². The molecular formula is C8H11F2N3. The Morgan fingerprint density at radius 1 is 1.38 bits per heavy atom. The number of aryl methyl sites for hydroxylation is 1. The van der Waals surface area contributed by atoms with Crippen molar-refractivity contribution in [3.63, 3.8) is 0 Å². The van der Waals surface area contributed by atoms with Gasteiger partial charge in [0.05, 0.1) is 0 Å². The largest absolute Gasteiger partial charge is 0.354 e. The molecular weight excluding hydrogens is 176 g/mol. The molecule has 0 saturated heterocycles. The van der Waals surface area contributed by atoms with Crippen LogP contribution in [0.15, 0.2) is 12.4 Å². The van der Waals surface area contributed by atoms with Crippen LogP contribution in [0.4, 0.5) is 14.7 Å². The number of nitrogens with zero attached hydrogens (tertiary/aromatic N) is 2. The highest BCUT2D eigenvalue weighted by atomic mass is 19.3. The van der Waals surface area contributed by atoms with Crippen molar-refractivity contribution in [2.24, 2.45) is 0 Å². The lowest BCUT2D eigenvalue weighted by Gasteiger charge is -2.03. The molecule has 0 fully saturated rings. The van der Waals surface area contributed by atoms with Gasteiger partial charge in [0.15, 0.2) is 0 Å². The monoisotopic (exact) mass is 187 g/mol. The zero-order chi connectivity index (χ0) is 9.68. The van der Waals surface area contributed by atoms with Crippen molar-refractivity contribution in [1.82, 2.24) is 9.97 Å². The normalized spacial score (nSPS) is 10.5. The third-order valence-corrected chi connectivity index (χ3v) is 1.43. The van der Waals surface area contributed by atoms with Gasteiger partial charge in [-0.3, -0.25) is 0 Å². The van der Waals surface area contributed by atoms with Crippen LogP contribution in [0.3, 0.4) is 0 Å². The first-order valence-electron chi connectivity index (χ1n) is 3.99. The highest BCUT2D eigenvalue weighted by molar-refractivity contribution is 5.23. The minimum absolute atomic E-state index is 0.183. The molecule has 0 amide bonds. The molecule has 3 nitrogen and oxygen atoms in total. The molecule has 13 heavy (non-hydrogen) atoms. The summed E-state index contributed by atoms with van der Waals surface area (Å²) in [6, 6.07) is 0. The van der Waals surface area contributed by atoms with Crippen LogP contribution >= 0.6 is 0 Å². The first-order valence-corrected chi connectivity index (χ1v) is 3.99. The second kappa shape index (κ2) is 4.69. The fourth-order valence-corrected chi connectivity index (χ4v) is 0.777. The first kappa shape index (κ1) is 9.83. The summed E-state index contributed by atoms with van der Waals surface area (Å²) in [5.41, 5.74) is 0.944. The van der Waals surface area contributed by atoms with Crippen molar-refractivity contribution < 1.29 is 8.78 Å². The van der Waals surface area contributed by atoms with Crippen molar-refractivity contribution in [3.8, 4) is 0 Å². The summed E-state index contributed by atoms with van der Waals surface area (Å²) in [5, 5.41) is 2.70. The summed E-state index contributed by atoms with van der Waals surface area (Å²) in [6.07, 6.45) is 0.810. The van der Waals surface area contributed by atoms with Gasteiger partial charge in [-0.15, -0.1) is 0 Å². The van der Waals surface area contributed by atoms with E-state index in [9.17, 15) is 8.78 Å². The Hall–Kier alpha value is -1.26. The first-order chi connectivity index (χ1) is 6.18. The van der Waals surface area contributed by atoms with Crippen molar-refractivity contribution in [3.05, 3.63) is 18.0 Å². The van der Waals surface area contributed by atoms with Crippen molar-refractivity contribution in [2.75, 3.05) is 11.9 Å². The predicted molar refractivity (Wildman–Crippen MR) is 45.9 cm³/mol. The van der Waals surface area contributed by atoms with Crippen molar-refractivity contribution in [1.29, 1.82) is 0 Å². The van der Waals surface area contributed by atoms with E-state index in [0.29, 0.717) is 5.95 Å². The van der Waals surface area contributed by atoms with Gasteiger partial charge >= 0.3 is 0 Å². The molecule has 1 N–H and O–H groups in total. The molecule has 0 aromatic carbocycles. The maximum absolute atomic E-state index is 11.7. The van der Waals surface area contributed by atoms with Crippen LogP contribution in [0.5, 0.6) is 0 Å². The van der Waals surface area contributed by atoms with E-state index in [4.69, 9.17) is 0 Å². The summed E-state index contributed by atoms with van der Waals surface area (Å²) < 4.78 is 23.4. The minimum Gasteiger partial charge on any atom is -0.354 e. The fourth-order valence-electron chi connectivity index (χ4n) is 0.777. The van der Waals surface area contributed by atoms with Gasteiger partial charge in [-0.25, -0.2) is 18.7 Å². The summed E-state index contributed by atoms with van der Waals surface area (Å²) in [5.74, 6) is 0.395. The molecule has 0 saturated carbocycles. The second-order valence-corrected chi connectivity index (χ2v) is 2.69. The summed E-state index contributed by atoms with van der Waals surface area (Å²) >= 11 is 0. The molecule has 0 unspecified atom stereocenters. The molecule has 1 heterocycles. The highest BCUT2D eigenvalue weighted by Gasteiger charge is 2.01. The van der Waals surface area contributed by atoms with Gasteiger partial charge in [0.25, 0.3) is 0 Å². The predicted octanol–water partition coefficient (Wildman–Crippen LogP) is 1.85. The number of rotatable bonds is 4. The van der Waals surface area contributed by atoms with E-state index in [1.807, 2.05) is 6.92 Å². The highest BCUT2D eigenvalue weighted by Crippen LogP contribution is 2.01. The average Bonchev–Trinajstić information content (AvgIpc) is 2.08. The molecule has 1 rings (SSSR count). The van der Waals surface area contributed by atoms with Gasteiger partial charge in [-0.1, -0.05) is 0 Å². The Labute approximate surface area is 75.2 Å². The SMILES string of the molecule is Cc1cnc(NCCC(F)F)nc1. The number of hydrogen-bond acceptors (Lipinski definition) is 3. The lowest BCUT2D eigenvalue weighted by Crippen LogP contribution is -2.08. The standard InChI is InChI=1S/C8H11F2N3/c1-6-4-12-8(13-5-6)11-3-2-7(9)10/h4-5,7H,2-3H2,1H3,(H,11,12,13). The zero-order valence-corrected chi connectivity index (χ0v) is 7.30. The number of nitrogens with one attached hydrogen (secondary N) is 1. The van der Waals surface area contributed by atoms with E-state index < -0.39 is 6.43 Å². The van der Waals surface area contributed by atoms with Crippen LogP contribution in [0.1, 0.15) is 12.0 Å². The number of alkyl halides is 2. The zero-order valence-electron chi connectivity index (χ0n) is 7.30. The van der Waals surface area contributed by atoms with Crippen LogP contribution in [-0.4, -0.2) is 22.9 Å². The van der Waals surface area contributed by atoms with Gasteiger partial charge in [0, 0.05) is 25.4 Å². The van der Waals surface area contributed by atoms with E-state index in [1.54, 1.807) is 12.4 Å². The third kappa shape index (κ3) is 3.78. The smallest absolute Gasteiger partial charge is 0.240 e. The van der Waals surface area contributed by atoms with E-state index in [0.717, 1.165) is 5.56 Å². The van der Waals surface area contributed by atoms with Gasteiger partial charge in [-0.05, 0) is 12.5 Å². The van der Waals surface area contributed by atoms with Crippen LogP contribution in [0, 0.1) is 6.92 Å². The van der Waals surface area contributed by atoms with Gasteiger partial charge < -0.3 is 5.32 Å². The molecule has 72 valence electrons. The number of halogens is 2.